The van der Waals surface area contributed by atoms with E-state index in [1.165, 1.54) is 0 Å². The lowest BCUT2D eigenvalue weighted by Gasteiger charge is -2.10. The van der Waals surface area contributed by atoms with Crippen LogP contribution in [-0.4, -0.2) is 5.97 Å². The average molecular weight is 157 g/mol. The van der Waals surface area contributed by atoms with E-state index < -0.39 is 0 Å². The largest absolute Gasteiger partial charge is 0.462 e. The van der Waals surface area contributed by atoms with Crippen LogP contribution in [0.15, 0.2) is 0 Å². The van der Waals surface area contributed by atoms with E-state index in [9.17, 15) is 4.79 Å². The molecule has 0 aliphatic carbocycles. The van der Waals surface area contributed by atoms with E-state index in [2.05, 4.69) is 18.8 Å². The standard InChI is InChI=1S/C9H17O2/c1-4-6-7-8(5-2)9(10)11-3/h8H,3-7H2,1-2H3. The Morgan fingerprint density at radius 2 is 2.18 bits per heavy atom. The Kier molecular flexibility index (Phi) is 5.90. The molecule has 1 atom stereocenters. The van der Waals surface area contributed by atoms with Crippen molar-refractivity contribution >= 4 is 5.97 Å². The van der Waals surface area contributed by atoms with Gasteiger partial charge >= 0.3 is 5.97 Å². The van der Waals surface area contributed by atoms with Crippen LogP contribution in [0.2, 0.25) is 0 Å². The van der Waals surface area contributed by atoms with E-state index in [0.717, 1.165) is 25.7 Å². The molecule has 0 aromatic carbocycles. The second-order valence-electron chi connectivity index (χ2n) is 2.71. The summed E-state index contributed by atoms with van der Waals surface area (Å²) >= 11 is 0. The predicted octanol–water partition coefficient (Wildman–Crippen LogP) is 2.54. The number of hydrogen-bond acceptors (Lipinski definition) is 2. The number of hydrogen-bond donors (Lipinski definition) is 0. The second-order valence-corrected chi connectivity index (χ2v) is 2.71. The van der Waals surface area contributed by atoms with E-state index in [4.69, 9.17) is 0 Å². The highest BCUT2D eigenvalue weighted by molar-refractivity contribution is 5.72. The van der Waals surface area contributed by atoms with E-state index in [-0.39, 0.29) is 11.9 Å². The van der Waals surface area contributed by atoms with Crippen LogP contribution in [0.3, 0.4) is 0 Å². The molecule has 0 aliphatic rings. The third-order valence-electron chi connectivity index (χ3n) is 1.87. The van der Waals surface area contributed by atoms with Gasteiger partial charge in [0.05, 0.1) is 5.92 Å². The Hall–Kier alpha value is -0.530. The minimum absolute atomic E-state index is 0.0625. The quantitative estimate of drug-likeness (QED) is 0.573. The molecule has 65 valence electrons. The van der Waals surface area contributed by atoms with Crippen molar-refractivity contribution in [2.75, 3.05) is 0 Å². The van der Waals surface area contributed by atoms with Crippen LogP contribution in [0.25, 0.3) is 0 Å². The average Bonchev–Trinajstić information content (AvgIpc) is 2.05. The molecule has 0 rings (SSSR count). The van der Waals surface area contributed by atoms with Gasteiger partial charge in [-0.05, 0) is 12.8 Å². The SMILES string of the molecule is [CH2]OC(=O)C(CC)CCCC. The molecule has 0 heterocycles. The fourth-order valence-electron chi connectivity index (χ4n) is 1.06. The van der Waals surface area contributed by atoms with Gasteiger partial charge in [0.1, 0.15) is 7.11 Å². The zero-order chi connectivity index (χ0) is 8.69. The summed E-state index contributed by atoms with van der Waals surface area (Å²) in [5.74, 6) is -0.103. The van der Waals surface area contributed by atoms with Crippen molar-refractivity contribution in [3.05, 3.63) is 7.11 Å². The summed E-state index contributed by atoms with van der Waals surface area (Å²) in [6.07, 6.45) is 4.00. The fraction of sp³-hybridized carbons (Fsp3) is 0.778. The van der Waals surface area contributed by atoms with Crippen molar-refractivity contribution in [1.82, 2.24) is 0 Å². The number of carbonyl (C=O) groups is 1. The first kappa shape index (κ1) is 10.5. The van der Waals surface area contributed by atoms with E-state index in [1.807, 2.05) is 6.92 Å². The summed E-state index contributed by atoms with van der Waals surface area (Å²) in [4.78, 5) is 11.0. The van der Waals surface area contributed by atoms with Gasteiger partial charge in [-0.1, -0.05) is 26.7 Å². The molecule has 0 N–H and O–H groups in total. The number of rotatable bonds is 5. The van der Waals surface area contributed by atoms with Gasteiger partial charge in [0.25, 0.3) is 0 Å². The molecule has 0 bridgehead atoms. The zero-order valence-corrected chi connectivity index (χ0v) is 7.43. The lowest BCUT2D eigenvalue weighted by atomic mass is 10.00. The summed E-state index contributed by atoms with van der Waals surface area (Å²) in [6, 6.07) is 0. The van der Waals surface area contributed by atoms with E-state index in [1.54, 1.807) is 0 Å². The minimum atomic E-state index is -0.166. The second kappa shape index (κ2) is 6.20. The molecule has 1 radical (unpaired) electrons. The number of esters is 1. The highest BCUT2D eigenvalue weighted by atomic mass is 16.5. The van der Waals surface area contributed by atoms with Gasteiger partial charge in [0, 0.05) is 0 Å². The molecule has 11 heavy (non-hydrogen) atoms. The van der Waals surface area contributed by atoms with Crippen LogP contribution in [0, 0.1) is 13.0 Å². The molecule has 2 nitrogen and oxygen atoms in total. The summed E-state index contributed by atoms with van der Waals surface area (Å²) in [7, 11) is 3.11. The van der Waals surface area contributed by atoms with Gasteiger partial charge in [-0.2, -0.15) is 0 Å². The fourth-order valence-corrected chi connectivity index (χ4v) is 1.06. The molecule has 0 spiro atoms. The molecule has 0 aromatic rings. The van der Waals surface area contributed by atoms with E-state index >= 15 is 0 Å². The third kappa shape index (κ3) is 4.02. The van der Waals surface area contributed by atoms with Gasteiger partial charge in [-0.25, -0.2) is 0 Å². The number of carbonyl (C=O) groups excluding carboxylic acids is 1. The summed E-state index contributed by atoms with van der Waals surface area (Å²) in [5, 5.41) is 0. The van der Waals surface area contributed by atoms with Crippen LogP contribution in [-0.2, 0) is 9.53 Å². The lowest BCUT2D eigenvalue weighted by molar-refractivity contribution is -0.143. The molecule has 0 amide bonds. The van der Waals surface area contributed by atoms with Gasteiger partial charge in [-0.3, -0.25) is 4.79 Å². The lowest BCUT2D eigenvalue weighted by Crippen LogP contribution is -2.14. The molecule has 0 saturated carbocycles. The first-order valence-corrected chi connectivity index (χ1v) is 4.22. The first-order valence-electron chi connectivity index (χ1n) is 4.22. The Morgan fingerprint density at radius 3 is 2.55 bits per heavy atom. The van der Waals surface area contributed by atoms with Crippen molar-refractivity contribution in [3.8, 4) is 0 Å². The van der Waals surface area contributed by atoms with Gasteiger partial charge in [0.2, 0.25) is 0 Å². The van der Waals surface area contributed by atoms with E-state index in [0.29, 0.717) is 0 Å². The van der Waals surface area contributed by atoms with Crippen molar-refractivity contribution in [1.29, 1.82) is 0 Å². The molecule has 0 fully saturated rings. The monoisotopic (exact) mass is 157 g/mol. The van der Waals surface area contributed by atoms with Crippen LogP contribution in [0.4, 0.5) is 0 Å². The molecule has 0 saturated heterocycles. The maximum absolute atomic E-state index is 11.0. The van der Waals surface area contributed by atoms with Gasteiger partial charge in [0.15, 0.2) is 0 Å². The van der Waals surface area contributed by atoms with Crippen LogP contribution >= 0.6 is 0 Å². The van der Waals surface area contributed by atoms with Crippen molar-refractivity contribution in [3.63, 3.8) is 0 Å². The maximum atomic E-state index is 11.0. The third-order valence-corrected chi connectivity index (χ3v) is 1.87. The molecule has 2 heteroatoms. The summed E-state index contributed by atoms with van der Waals surface area (Å²) < 4.78 is 4.41. The zero-order valence-electron chi connectivity index (χ0n) is 7.43. The maximum Gasteiger partial charge on any atom is 0.309 e. The Labute approximate surface area is 68.9 Å². The van der Waals surface area contributed by atoms with Crippen molar-refractivity contribution in [2.24, 2.45) is 5.92 Å². The highest BCUT2D eigenvalue weighted by Gasteiger charge is 2.15. The number of ether oxygens (including phenoxy) is 1. The van der Waals surface area contributed by atoms with Crippen LogP contribution in [0.5, 0.6) is 0 Å². The van der Waals surface area contributed by atoms with Crippen LogP contribution < -0.4 is 0 Å². The Morgan fingerprint density at radius 1 is 1.55 bits per heavy atom. The number of unbranched alkanes of at least 4 members (excludes halogenated alkanes) is 1. The summed E-state index contributed by atoms with van der Waals surface area (Å²) in [5.41, 5.74) is 0. The van der Waals surface area contributed by atoms with Crippen LogP contribution in [0.1, 0.15) is 39.5 Å². The normalized spacial score (nSPS) is 12.6. The smallest absolute Gasteiger partial charge is 0.309 e. The Balaban J connectivity index is 3.65. The minimum Gasteiger partial charge on any atom is -0.462 e. The Bertz CT molecular complexity index is 110. The molecular formula is C9H17O2. The molecular weight excluding hydrogens is 140 g/mol. The topological polar surface area (TPSA) is 26.3 Å². The highest BCUT2D eigenvalue weighted by Crippen LogP contribution is 2.13. The first-order chi connectivity index (χ1) is 5.26. The molecule has 0 aromatic heterocycles. The van der Waals surface area contributed by atoms with Gasteiger partial charge < -0.3 is 4.74 Å². The van der Waals surface area contributed by atoms with Gasteiger partial charge in [-0.15, -0.1) is 0 Å². The van der Waals surface area contributed by atoms with Crippen molar-refractivity contribution in [2.45, 2.75) is 39.5 Å². The molecule has 0 aliphatic heterocycles. The predicted molar refractivity (Wildman–Crippen MR) is 44.8 cm³/mol. The van der Waals surface area contributed by atoms with Crippen molar-refractivity contribution < 1.29 is 9.53 Å². The summed E-state index contributed by atoms with van der Waals surface area (Å²) in [6.45, 7) is 4.11. The molecule has 1 unspecified atom stereocenters.